The van der Waals surface area contributed by atoms with E-state index in [1.54, 1.807) is 31.2 Å². The molecule has 0 amide bonds. The first-order valence-electron chi connectivity index (χ1n) is 5.95. The van der Waals surface area contributed by atoms with Gasteiger partial charge in [0.25, 0.3) is 0 Å². The van der Waals surface area contributed by atoms with Gasteiger partial charge in [-0.3, -0.25) is 0 Å². The Kier molecular flexibility index (Phi) is 4.06. The second-order valence-corrected chi connectivity index (χ2v) is 6.48. The Morgan fingerprint density at radius 1 is 1.25 bits per heavy atom. The van der Waals surface area contributed by atoms with Gasteiger partial charge in [0.05, 0.1) is 11.5 Å². The maximum Gasteiger partial charge on any atom is 0.219 e. The number of hydrogen-bond acceptors (Lipinski definition) is 5. The fourth-order valence-corrected chi connectivity index (χ4v) is 2.40. The van der Waals surface area contributed by atoms with E-state index >= 15 is 0 Å². The van der Waals surface area contributed by atoms with Crippen LogP contribution in [0, 0.1) is 6.92 Å². The molecule has 0 spiro atoms. The Hall–Kier alpha value is -1.92. The van der Waals surface area contributed by atoms with E-state index in [4.69, 9.17) is 9.84 Å². The normalized spacial score (nSPS) is 11.3. The summed E-state index contributed by atoms with van der Waals surface area (Å²) in [5.41, 5.74) is 1.40. The van der Waals surface area contributed by atoms with E-state index in [9.17, 15) is 8.42 Å². The summed E-state index contributed by atoms with van der Waals surface area (Å²) in [6.07, 6.45) is 1.14. The van der Waals surface area contributed by atoms with Gasteiger partial charge in [0.15, 0.2) is 9.84 Å². The Bertz CT molecular complexity index is 726. The lowest BCUT2D eigenvalue weighted by Crippen LogP contribution is -1.98. The van der Waals surface area contributed by atoms with Crippen molar-refractivity contribution >= 4 is 9.84 Å². The van der Waals surface area contributed by atoms with E-state index < -0.39 is 9.84 Å². The lowest BCUT2D eigenvalue weighted by Gasteiger charge is -2.08. The number of benzene rings is 1. The molecular weight excluding hydrogens is 278 g/mol. The van der Waals surface area contributed by atoms with Crippen LogP contribution in [-0.2, 0) is 16.4 Å². The SMILES string of the molecule is Cc1cc(CO)cc(Oc2cccc(S(C)(=O)=O)c2)n1. The summed E-state index contributed by atoms with van der Waals surface area (Å²) >= 11 is 0. The molecule has 0 saturated carbocycles. The number of aryl methyl sites for hydroxylation is 1. The van der Waals surface area contributed by atoms with Gasteiger partial charge >= 0.3 is 0 Å². The third kappa shape index (κ3) is 3.55. The predicted molar refractivity (Wildman–Crippen MR) is 74.5 cm³/mol. The fourth-order valence-electron chi connectivity index (χ4n) is 1.74. The average molecular weight is 293 g/mol. The number of nitrogens with zero attached hydrogens (tertiary/aromatic N) is 1. The molecule has 1 aromatic heterocycles. The average Bonchev–Trinajstić information content (AvgIpc) is 2.37. The summed E-state index contributed by atoms with van der Waals surface area (Å²) in [5, 5.41) is 9.14. The first-order valence-corrected chi connectivity index (χ1v) is 7.84. The summed E-state index contributed by atoms with van der Waals surface area (Å²) in [5.74, 6) is 0.703. The quantitative estimate of drug-likeness (QED) is 0.934. The predicted octanol–water partition coefficient (Wildman–Crippen LogP) is 2.08. The molecule has 0 bridgehead atoms. The van der Waals surface area contributed by atoms with E-state index in [1.165, 1.54) is 12.1 Å². The van der Waals surface area contributed by atoms with Crippen LogP contribution in [0.4, 0.5) is 0 Å². The van der Waals surface area contributed by atoms with Crippen molar-refractivity contribution in [2.75, 3.05) is 6.26 Å². The van der Waals surface area contributed by atoms with Gasteiger partial charge in [-0.1, -0.05) is 6.07 Å². The maximum absolute atomic E-state index is 11.5. The number of aromatic nitrogens is 1. The van der Waals surface area contributed by atoms with Crippen molar-refractivity contribution in [3.05, 3.63) is 47.7 Å². The number of aliphatic hydroxyl groups is 1. The lowest BCUT2D eigenvalue weighted by molar-refractivity contribution is 0.281. The highest BCUT2D eigenvalue weighted by Crippen LogP contribution is 2.23. The first kappa shape index (κ1) is 14.5. The van der Waals surface area contributed by atoms with E-state index in [0.29, 0.717) is 22.9 Å². The van der Waals surface area contributed by atoms with Gasteiger partial charge in [0.2, 0.25) is 5.88 Å². The standard InChI is InChI=1S/C14H15NO4S/c1-10-6-11(9-16)7-14(15-10)19-12-4-3-5-13(8-12)20(2,17)18/h3-8,16H,9H2,1-2H3. The van der Waals surface area contributed by atoms with Crippen molar-refractivity contribution in [2.24, 2.45) is 0 Å². The van der Waals surface area contributed by atoms with E-state index in [1.807, 2.05) is 0 Å². The highest BCUT2D eigenvalue weighted by Gasteiger charge is 2.09. The molecule has 0 unspecified atom stereocenters. The molecule has 2 rings (SSSR count). The number of aliphatic hydroxyl groups excluding tert-OH is 1. The van der Waals surface area contributed by atoms with Gasteiger partial charge in [0.1, 0.15) is 5.75 Å². The Morgan fingerprint density at radius 2 is 2.00 bits per heavy atom. The van der Waals surface area contributed by atoms with Crippen molar-refractivity contribution < 1.29 is 18.3 Å². The van der Waals surface area contributed by atoms with Gasteiger partial charge in [-0.25, -0.2) is 13.4 Å². The van der Waals surface area contributed by atoms with E-state index in [2.05, 4.69) is 4.98 Å². The molecule has 1 N–H and O–H groups in total. The molecule has 0 atom stereocenters. The molecule has 106 valence electrons. The number of rotatable bonds is 4. The monoisotopic (exact) mass is 293 g/mol. The van der Waals surface area contributed by atoms with Crippen LogP contribution in [0.1, 0.15) is 11.3 Å². The largest absolute Gasteiger partial charge is 0.439 e. The highest BCUT2D eigenvalue weighted by molar-refractivity contribution is 7.90. The Morgan fingerprint density at radius 3 is 2.65 bits per heavy atom. The van der Waals surface area contributed by atoms with Crippen LogP contribution in [0.15, 0.2) is 41.3 Å². The topological polar surface area (TPSA) is 76.5 Å². The van der Waals surface area contributed by atoms with Gasteiger partial charge in [0, 0.05) is 18.0 Å². The fraction of sp³-hybridized carbons (Fsp3) is 0.214. The van der Waals surface area contributed by atoms with E-state index in [-0.39, 0.29) is 11.5 Å². The van der Waals surface area contributed by atoms with Gasteiger partial charge in [-0.15, -0.1) is 0 Å². The second kappa shape index (κ2) is 5.60. The molecule has 0 aliphatic carbocycles. The molecule has 20 heavy (non-hydrogen) atoms. The van der Waals surface area contributed by atoms with Crippen molar-refractivity contribution in [3.63, 3.8) is 0 Å². The summed E-state index contributed by atoms with van der Waals surface area (Å²) in [4.78, 5) is 4.37. The van der Waals surface area contributed by atoms with Crippen LogP contribution >= 0.6 is 0 Å². The second-order valence-electron chi connectivity index (χ2n) is 4.46. The lowest BCUT2D eigenvalue weighted by atomic mass is 10.2. The third-order valence-corrected chi connectivity index (χ3v) is 3.74. The minimum Gasteiger partial charge on any atom is -0.439 e. The van der Waals surface area contributed by atoms with Crippen LogP contribution in [0.25, 0.3) is 0 Å². The van der Waals surface area contributed by atoms with Crippen LogP contribution in [0.5, 0.6) is 11.6 Å². The molecule has 0 aliphatic rings. The zero-order valence-corrected chi connectivity index (χ0v) is 12.0. The molecule has 0 saturated heterocycles. The number of ether oxygens (including phenoxy) is 1. The van der Waals surface area contributed by atoms with Crippen LogP contribution < -0.4 is 4.74 Å². The smallest absolute Gasteiger partial charge is 0.219 e. The summed E-state index contributed by atoms with van der Waals surface area (Å²) < 4.78 is 28.5. The molecule has 0 radical (unpaired) electrons. The number of hydrogen-bond donors (Lipinski definition) is 1. The molecule has 0 fully saturated rings. The van der Waals surface area contributed by atoms with Gasteiger partial charge in [-0.05, 0) is 36.8 Å². The van der Waals surface area contributed by atoms with Crippen LogP contribution in [0.3, 0.4) is 0 Å². The zero-order valence-electron chi connectivity index (χ0n) is 11.2. The molecule has 1 aromatic carbocycles. The van der Waals surface area contributed by atoms with Gasteiger partial charge in [-0.2, -0.15) is 0 Å². The molecule has 5 nitrogen and oxygen atoms in total. The maximum atomic E-state index is 11.5. The molecular formula is C14H15NO4S. The van der Waals surface area contributed by atoms with Crippen LogP contribution in [0.2, 0.25) is 0 Å². The zero-order chi connectivity index (χ0) is 14.8. The number of sulfone groups is 1. The Balaban J connectivity index is 2.33. The molecule has 0 aliphatic heterocycles. The summed E-state index contributed by atoms with van der Waals surface area (Å²) in [7, 11) is -3.28. The summed E-state index contributed by atoms with van der Waals surface area (Å²) in [6.45, 7) is 1.68. The molecule has 1 heterocycles. The first-order chi connectivity index (χ1) is 9.38. The van der Waals surface area contributed by atoms with Crippen molar-refractivity contribution in [2.45, 2.75) is 18.4 Å². The van der Waals surface area contributed by atoms with Gasteiger partial charge < -0.3 is 9.84 Å². The highest BCUT2D eigenvalue weighted by atomic mass is 32.2. The van der Waals surface area contributed by atoms with Crippen molar-refractivity contribution in [3.8, 4) is 11.6 Å². The molecule has 6 heteroatoms. The minimum absolute atomic E-state index is 0.108. The van der Waals surface area contributed by atoms with Crippen molar-refractivity contribution in [1.29, 1.82) is 0 Å². The molecule has 2 aromatic rings. The van der Waals surface area contributed by atoms with Crippen molar-refractivity contribution in [1.82, 2.24) is 4.98 Å². The van der Waals surface area contributed by atoms with E-state index in [0.717, 1.165) is 6.26 Å². The number of pyridine rings is 1. The third-order valence-electron chi connectivity index (χ3n) is 2.63. The van der Waals surface area contributed by atoms with Crippen LogP contribution in [-0.4, -0.2) is 24.8 Å². The minimum atomic E-state index is -3.28. The Labute approximate surface area is 117 Å². The summed E-state index contributed by atoms with van der Waals surface area (Å²) in [6, 6.07) is 9.56.